The molecule has 3 heteroatoms. The average Bonchev–Trinajstić information content (AvgIpc) is 2.87. The molecule has 1 aromatic carbocycles. The van der Waals surface area contributed by atoms with Gasteiger partial charge in [-0.15, -0.1) is 0 Å². The predicted molar refractivity (Wildman–Crippen MR) is 97.5 cm³/mol. The first-order valence-electron chi connectivity index (χ1n) is 8.05. The molecule has 1 fully saturated rings. The van der Waals surface area contributed by atoms with Crippen LogP contribution in [0.25, 0.3) is 11.6 Å². The van der Waals surface area contributed by atoms with Gasteiger partial charge in [0.2, 0.25) is 0 Å². The van der Waals surface area contributed by atoms with Crippen LogP contribution in [0.15, 0.2) is 41.6 Å². The lowest BCUT2D eigenvalue weighted by molar-refractivity contribution is 0.119. The topological polar surface area (TPSA) is 3.24 Å². The summed E-state index contributed by atoms with van der Waals surface area (Å²) in [5, 5.41) is 1.88. The Morgan fingerprint density at radius 3 is 2.83 bits per heavy atom. The predicted octanol–water partition coefficient (Wildman–Crippen LogP) is 4.85. The number of fused-ring (bicyclic) bond motifs is 5. The minimum Gasteiger partial charge on any atom is -0.370 e. The molecule has 0 aromatic heterocycles. The van der Waals surface area contributed by atoms with Crippen LogP contribution in [0.5, 0.6) is 0 Å². The fourth-order valence-electron chi connectivity index (χ4n) is 4.43. The van der Waals surface area contributed by atoms with Gasteiger partial charge in [-0.05, 0) is 46.8 Å². The van der Waals surface area contributed by atoms with E-state index in [1.54, 1.807) is 12.1 Å². The highest BCUT2D eigenvalue weighted by atomic mass is 32.1. The maximum absolute atomic E-state index is 14.3. The van der Waals surface area contributed by atoms with Crippen molar-refractivity contribution in [1.82, 2.24) is 4.90 Å². The van der Waals surface area contributed by atoms with Crippen molar-refractivity contribution < 1.29 is 4.39 Å². The highest BCUT2D eigenvalue weighted by molar-refractivity contribution is 7.79. The molecule has 0 bridgehead atoms. The molecule has 0 N–H and O–H groups in total. The quantitative estimate of drug-likeness (QED) is 0.679. The third-order valence-corrected chi connectivity index (χ3v) is 5.83. The number of nitrogens with zero attached hydrogens (tertiary/aromatic N) is 1. The fourth-order valence-corrected chi connectivity index (χ4v) is 4.98. The average molecular weight is 325 g/mol. The largest absolute Gasteiger partial charge is 0.370 e. The number of hydrogen-bond donors (Lipinski definition) is 0. The van der Waals surface area contributed by atoms with E-state index in [4.69, 9.17) is 12.2 Å². The number of benzene rings is 1. The van der Waals surface area contributed by atoms with Crippen molar-refractivity contribution in [2.75, 3.05) is 7.05 Å². The van der Waals surface area contributed by atoms with Crippen molar-refractivity contribution in [3.8, 4) is 0 Å². The Kier molecular flexibility index (Phi) is 3.14. The smallest absolute Gasteiger partial charge is 0.131 e. The van der Waals surface area contributed by atoms with Crippen LogP contribution in [0.1, 0.15) is 31.4 Å². The van der Waals surface area contributed by atoms with Crippen molar-refractivity contribution >= 4 is 29.2 Å². The molecule has 0 saturated carbocycles. The van der Waals surface area contributed by atoms with E-state index < -0.39 is 0 Å². The van der Waals surface area contributed by atoms with E-state index in [0.29, 0.717) is 5.92 Å². The van der Waals surface area contributed by atoms with Gasteiger partial charge in [0.25, 0.3) is 0 Å². The molecule has 1 saturated heterocycles. The van der Waals surface area contributed by atoms with Gasteiger partial charge in [0, 0.05) is 29.6 Å². The molecule has 1 heterocycles. The van der Waals surface area contributed by atoms with E-state index in [9.17, 15) is 4.39 Å². The number of thiocarbonyl (C=S) groups is 1. The van der Waals surface area contributed by atoms with Gasteiger partial charge in [-0.25, -0.2) is 4.39 Å². The summed E-state index contributed by atoms with van der Waals surface area (Å²) in [6.07, 6.45) is 7.42. The lowest BCUT2D eigenvalue weighted by Crippen LogP contribution is -2.51. The van der Waals surface area contributed by atoms with Crippen LogP contribution in [0.4, 0.5) is 4.39 Å². The highest BCUT2D eigenvalue weighted by Crippen LogP contribution is 2.52. The summed E-state index contributed by atoms with van der Waals surface area (Å²) in [4.78, 5) is 2.30. The molecule has 3 aliphatic rings. The second kappa shape index (κ2) is 4.88. The molecule has 23 heavy (non-hydrogen) atoms. The summed E-state index contributed by atoms with van der Waals surface area (Å²) in [5.41, 5.74) is 5.45. The second-order valence-electron chi connectivity index (χ2n) is 7.41. The molecule has 118 valence electrons. The van der Waals surface area contributed by atoms with Crippen molar-refractivity contribution in [3.63, 3.8) is 0 Å². The standard InChI is InChI=1S/C20H20FNS/c1-20(2)10-15-14-9-12-5-4-6-16(21)19(12)13(14)7-8-17(15)22(3)18(20)11-23/h4-9,11,15,18H,10H2,1-3H3. The third-order valence-electron chi connectivity index (χ3n) is 5.57. The molecule has 0 amide bonds. The molecule has 2 aliphatic carbocycles. The van der Waals surface area contributed by atoms with Gasteiger partial charge in [0.05, 0.1) is 6.04 Å². The number of piperidine rings is 1. The zero-order valence-electron chi connectivity index (χ0n) is 13.6. The van der Waals surface area contributed by atoms with E-state index >= 15 is 0 Å². The van der Waals surface area contributed by atoms with Crippen molar-refractivity contribution in [2.45, 2.75) is 26.3 Å². The van der Waals surface area contributed by atoms with Crippen LogP contribution >= 0.6 is 12.2 Å². The van der Waals surface area contributed by atoms with Gasteiger partial charge in [-0.3, -0.25) is 0 Å². The maximum atomic E-state index is 14.3. The summed E-state index contributed by atoms with van der Waals surface area (Å²) >= 11 is 5.29. The summed E-state index contributed by atoms with van der Waals surface area (Å²) < 4.78 is 14.3. The lowest BCUT2D eigenvalue weighted by atomic mass is 9.67. The molecule has 1 aromatic rings. The summed E-state index contributed by atoms with van der Waals surface area (Å²) in [7, 11) is 2.12. The van der Waals surface area contributed by atoms with Crippen molar-refractivity contribution in [2.24, 2.45) is 11.3 Å². The van der Waals surface area contributed by atoms with Gasteiger partial charge in [-0.1, -0.05) is 44.3 Å². The Bertz CT molecular complexity index is 800. The first kappa shape index (κ1) is 14.8. The first-order valence-corrected chi connectivity index (χ1v) is 8.52. The van der Waals surface area contributed by atoms with Gasteiger partial charge in [0.1, 0.15) is 5.82 Å². The highest BCUT2D eigenvalue weighted by Gasteiger charge is 2.45. The van der Waals surface area contributed by atoms with Crippen LogP contribution in [0.2, 0.25) is 0 Å². The molecule has 0 spiro atoms. The minimum absolute atomic E-state index is 0.0924. The van der Waals surface area contributed by atoms with E-state index in [1.807, 2.05) is 11.4 Å². The Balaban J connectivity index is 1.85. The molecule has 1 nitrogen and oxygen atoms in total. The monoisotopic (exact) mass is 325 g/mol. The van der Waals surface area contributed by atoms with E-state index in [0.717, 1.165) is 23.1 Å². The summed E-state index contributed by atoms with van der Waals surface area (Å²) in [6.45, 7) is 4.55. The zero-order chi connectivity index (χ0) is 16.4. The van der Waals surface area contributed by atoms with E-state index in [-0.39, 0.29) is 17.3 Å². The summed E-state index contributed by atoms with van der Waals surface area (Å²) in [5.74, 6) is 0.185. The van der Waals surface area contributed by atoms with Crippen molar-refractivity contribution in [1.29, 1.82) is 0 Å². The molecule has 4 rings (SSSR count). The van der Waals surface area contributed by atoms with E-state index in [2.05, 4.69) is 44.0 Å². The van der Waals surface area contributed by atoms with Gasteiger partial charge in [0.15, 0.2) is 0 Å². The molecular formula is C20H20FNS. The van der Waals surface area contributed by atoms with Crippen LogP contribution in [0, 0.1) is 17.2 Å². The zero-order valence-corrected chi connectivity index (χ0v) is 14.5. The van der Waals surface area contributed by atoms with Crippen LogP contribution in [0.3, 0.4) is 0 Å². The maximum Gasteiger partial charge on any atom is 0.131 e. The SMILES string of the molecule is CN1C2=CC=C3C(=Cc4cccc(F)c43)C2CC(C)(C)C1C=S. The van der Waals surface area contributed by atoms with Crippen LogP contribution < -0.4 is 0 Å². The number of likely N-dealkylation sites (tertiary alicyclic amines) is 1. The minimum atomic E-state index is -0.128. The normalized spacial score (nSPS) is 27.3. The molecule has 2 atom stereocenters. The Morgan fingerprint density at radius 1 is 1.30 bits per heavy atom. The van der Waals surface area contributed by atoms with Crippen LogP contribution in [-0.2, 0) is 0 Å². The molecule has 2 unspecified atom stereocenters. The van der Waals surface area contributed by atoms with E-state index in [1.165, 1.54) is 11.3 Å². The number of allylic oxidation sites excluding steroid dienone is 4. The van der Waals surface area contributed by atoms with Gasteiger partial charge >= 0.3 is 0 Å². The summed E-state index contributed by atoms with van der Waals surface area (Å²) in [6, 6.07) is 5.59. The first-order chi connectivity index (χ1) is 10.9. The Hall–Kier alpha value is -1.74. The van der Waals surface area contributed by atoms with Gasteiger partial charge < -0.3 is 4.90 Å². The lowest BCUT2D eigenvalue weighted by Gasteiger charge is -2.50. The molecule has 0 radical (unpaired) electrons. The Morgan fingerprint density at radius 2 is 2.09 bits per heavy atom. The van der Waals surface area contributed by atoms with Crippen molar-refractivity contribution in [3.05, 3.63) is 58.6 Å². The fraction of sp³-hybridized carbons (Fsp3) is 0.350. The van der Waals surface area contributed by atoms with Gasteiger partial charge in [-0.2, -0.15) is 0 Å². The number of halogens is 1. The number of hydrogen-bond acceptors (Lipinski definition) is 2. The molecular weight excluding hydrogens is 305 g/mol. The molecule has 1 aliphatic heterocycles. The Labute approximate surface area is 142 Å². The van der Waals surface area contributed by atoms with Crippen LogP contribution in [-0.4, -0.2) is 23.4 Å². The number of rotatable bonds is 1. The second-order valence-corrected chi connectivity index (χ2v) is 7.68. The third kappa shape index (κ3) is 1.99.